The molecule has 0 aliphatic heterocycles. The zero-order chi connectivity index (χ0) is 27.4. The fraction of sp³-hybridized carbons (Fsp3) is 0.308. The quantitative estimate of drug-likeness (QED) is 0.341. The highest BCUT2D eigenvalue weighted by molar-refractivity contribution is 6.04. The molecule has 1 aromatic carbocycles. The van der Waals surface area contributed by atoms with Gasteiger partial charge in [-0.2, -0.15) is 10.4 Å². The molecule has 2 atom stereocenters. The van der Waals surface area contributed by atoms with Crippen molar-refractivity contribution in [1.82, 2.24) is 29.4 Å². The highest BCUT2D eigenvalue weighted by atomic mass is 16.5. The molecule has 1 amide bonds. The summed E-state index contributed by atoms with van der Waals surface area (Å²) < 4.78 is 7.76. The Morgan fingerprint density at radius 2 is 2.05 bits per heavy atom. The Morgan fingerprint density at radius 3 is 2.74 bits per heavy atom. The highest BCUT2D eigenvalue weighted by Gasteiger charge is 2.31. The minimum atomic E-state index is -0.790. The third kappa shape index (κ3) is 5.33. The number of aromatic hydroxyl groups is 1. The zero-order valence-electron chi connectivity index (χ0n) is 21.5. The number of likely N-dealkylation sites (N-methyl/N-ethyl adjacent to an activating group) is 1. The van der Waals surface area contributed by atoms with Crippen LogP contribution in [-0.2, 0) is 13.6 Å². The van der Waals surface area contributed by atoms with E-state index in [2.05, 4.69) is 31.5 Å². The molecule has 0 spiro atoms. The third-order valence-corrected chi connectivity index (χ3v) is 6.32. The molecule has 38 heavy (non-hydrogen) atoms. The maximum atomic E-state index is 13.0. The minimum absolute atomic E-state index is 0.248. The lowest BCUT2D eigenvalue weighted by Gasteiger charge is -2.26. The number of amides is 1. The molecule has 196 valence electrons. The van der Waals surface area contributed by atoms with Gasteiger partial charge in [0.15, 0.2) is 5.69 Å². The van der Waals surface area contributed by atoms with Crippen molar-refractivity contribution in [1.29, 1.82) is 5.26 Å². The van der Waals surface area contributed by atoms with Gasteiger partial charge in [0.2, 0.25) is 5.75 Å². The number of nitrogens with one attached hydrogen (secondary N) is 1. The van der Waals surface area contributed by atoms with E-state index in [1.165, 1.54) is 24.1 Å². The Kier molecular flexibility index (Phi) is 7.68. The van der Waals surface area contributed by atoms with E-state index in [0.29, 0.717) is 12.1 Å². The smallest absolute Gasteiger partial charge is 0.296 e. The topological polar surface area (TPSA) is 155 Å². The largest absolute Gasteiger partial charge is 0.501 e. The molecule has 12 heteroatoms. The van der Waals surface area contributed by atoms with Crippen molar-refractivity contribution in [2.24, 2.45) is 7.05 Å². The van der Waals surface area contributed by atoms with Crippen molar-refractivity contribution >= 4 is 11.6 Å². The minimum Gasteiger partial charge on any atom is -0.501 e. The van der Waals surface area contributed by atoms with Crippen LogP contribution in [0.3, 0.4) is 0 Å². The highest BCUT2D eigenvalue weighted by Crippen LogP contribution is 2.39. The molecule has 0 fully saturated rings. The molecule has 0 unspecified atom stereocenters. The van der Waals surface area contributed by atoms with Gasteiger partial charge >= 0.3 is 0 Å². The fourth-order valence-corrected chi connectivity index (χ4v) is 4.35. The van der Waals surface area contributed by atoms with Crippen LogP contribution in [0.2, 0.25) is 0 Å². The number of hydrogen-bond donors (Lipinski definition) is 2. The Labute approximate surface area is 218 Å². The molecule has 0 saturated carbocycles. The van der Waals surface area contributed by atoms with E-state index in [9.17, 15) is 20.0 Å². The van der Waals surface area contributed by atoms with E-state index < -0.39 is 34.7 Å². The lowest BCUT2D eigenvalue weighted by atomic mass is 9.80. The first-order valence-corrected chi connectivity index (χ1v) is 11.9. The maximum absolute atomic E-state index is 13.0. The second kappa shape index (κ2) is 11.1. The average molecular weight is 517 g/mol. The predicted octanol–water partition coefficient (Wildman–Crippen LogP) is 2.29. The average Bonchev–Trinajstić information content (AvgIpc) is 3.59. The standard InChI is InChI=1S/C26H28N8O4/c1-16(24-31-22(23(35)26(37)33(24)4)25(36)30-19-13-29-38-15-19)21(20-8-6-5-7-17(20)11-27)18-12-28-34(14-18)10-9-32(2)3/h5-8,12-16,21,35H,9-10H2,1-4H3,(H,30,36)/t16-,21-/m1/s1. The first-order chi connectivity index (χ1) is 18.2. The normalized spacial score (nSPS) is 12.7. The summed E-state index contributed by atoms with van der Waals surface area (Å²) in [6.45, 7) is 3.31. The van der Waals surface area contributed by atoms with Crippen molar-refractivity contribution in [3.05, 3.63) is 87.7 Å². The van der Waals surface area contributed by atoms with Gasteiger partial charge in [-0.3, -0.25) is 18.8 Å². The first kappa shape index (κ1) is 26.3. The van der Waals surface area contributed by atoms with Crippen molar-refractivity contribution < 1.29 is 14.4 Å². The van der Waals surface area contributed by atoms with Gasteiger partial charge in [0.05, 0.1) is 30.6 Å². The molecular formula is C26H28N8O4. The Hall–Kier alpha value is -4.76. The number of carbonyl (C=O) groups is 1. The predicted molar refractivity (Wildman–Crippen MR) is 138 cm³/mol. The number of hydrogen-bond acceptors (Lipinski definition) is 9. The van der Waals surface area contributed by atoms with Crippen LogP contribution in [-0.4, -0.2) is 61.0 Å². The van der Waals surface area contributed by atoms with E-state index in [1.54, 1.807) is 18.3 Å². The molecule has 0 bridgehead atoms. The number of rotatable bonds is 9. The van der Waals surface area contributed by atoms with Gasteiger partial charge in [-0.25, -0.2) is 4.98 Å². The third-order valence-electron chi connectivity index (χ3n) is 6.32. The number of anilines is 1. The van der Waals surface area contributed by atoms with Crippen LogP contribution >= 0.6 is 0 Å². The summed E-state index contributed by atoms with van der Waals surface area (Å²) in [5, 5.41) is 30.9. The zero-order valence-corrected chi connectivity index (χ0v) is 21.5. The van der Waals surface area contributed by atoms with Crippen LogP contribution in [0.25, 0.3) is 0 Å². The maximum Gasteiger partial charge on any atom is 0.296 e. The van der Waals surface area contributed by atoms with Gasteiger partial charge < -0.3 is 19.8 Å². The van der Waals surface area contributed by atoms with Crippen LogP contribution in [0.15, 0.2) is 58.4 Å². The SMILES string of the molecule is C[C@@H](c1nc(C(=O)Nc2cnoc2)c(O)c(=O)n1C)[C@H](c1cnn(CCN(C)C)c1)c1ccccc1C#N. The Bertz CT molecular complexity index is 1530. The van der Waals surface area contributed by atoms with E-state index in [-0.39, 0.29) is 11.5 Å². The molecule has 2 N–H and O–H groups in total. The second-order valence-corrected chi connectivity index (χ2v) is 9.20. The van der Waals surface area contributed by atoms with Crippen LogP contribution < -0.4 is 10.9 Å². The van der Waals surface area contributed by atoms with Crippen molar-refractivity contribution in [2.45, 2.75) is 25.3 Å². The summed E-state index contributed by atoms with van der Waals surface area (Å²) in [4.78, 5) is 32.4. The molecule has 0 aliphatic rings. The Morgan fingerprint density at radius 1 is 1.29 bits per heavy atom. The van der Waals surface area contributed by atoms with Crippen LogP contribution in [0.5, 0.6) is 5.75 Å². The van der Waals surface area contributed by atoms with Gasteiger partial charge in [0, 0.05) is 31.6 Å². The van der Waals surface area contributed by atoms with Crippen molar-refractivity contribution in [3.8, 4) is 11.8 Å². The lowest BCUT2D eigenvalue weighted by Crippen LogP contribution is -2.29. The van der Waals surface area contributed by atoms with Gasteiger partial charge in [-0.05, 0) is 31.3 Å². The molecule has 4 aromatic rings. The molecule has 0 aliphatic carbocycles. The number of nitriles is 1. The molecule has 12 nitrogen and oxygen atoms in total. The summed E-state index contributed by atoms with van der Waals surface area (Å²) in [5.74, 6) is -2.25. The summed E-state index contributed by atoms with van der Waals surface area (Å²) in [6.07, 6.45) is 6.14. The monoisotopic (exact) mass is 516 g/mol. The van der Waals surface area contributed by atoms with E-state index in [1.807, 2.05) is 44.0 Å². The molecule has 3 heterocycles. The number of benzene rings is 1. The molecule has 0 saturated heterocycles. The molecule has 0 radical (unpaired) electrons. The van der Waals surface area contributed by atoms with Crippen LogP contribution in [0, 0.1) is 11.3 Å². The number of nitrogens with zero attached hydrogens (tertiary/aromatic N) is 7. The molecule has 4 rings (SSSR count). The van der Waals surface area contributed by atoms with Gasteiger partial charge in [0.25, 0.3) is 11.5 Å². The van der Waals surface area contributed by atoms with E-state index in [4.69, 9.17) is 4.52 Å². The fourth-order valence-electron chi connectivity index (χ4n) is 4.35. The lowest BCUT2D eigenvalue weighted by molar-refractivity contribution is 0.101. The van der Waals surface area contributed by atoms with Crippen molar-refractivity contribution in [3.63, 3.8) is 0 Å². The van der Waals surface area contributed by atoms with Gasteiger partial charge in [0.1, 0.15) is 17.8 Å². The van der Waals surface area contributed by atoms with Crippen LogP contribution in [0.1, 0.15) is 51.8 Å². The summed E-state index contributed by atoms with van der Waals surface area (Å²) in [5.41, 5.74) is 1.07. The van der Waals surface area contributed by atoms with Crippen molar-refractivity contribution in [2.75, 3.05) is 26.0 Å². The summed E-state index contributed by atoms with van der Waals surface area (Å²) >= 11 is 0. The summed E-state index contributed by atoms with van der Waals surface area (Å²) in [6, 6.07) is 9.46. The molecular weight excluding hydrogens is 488 g/mol. The second-order valence-electron chi connectivity index (χ2n) is 9.20. The van der Waals surface area contributed by atoms with Crippen LogP contribution in [0.4, 0.5) is 5.69 Å². The number of aromatic nitrogens is 5. The molecule has 3 aromatic heterocycles. The van der Waals surface area contributed by atoms with Gasteiger partial charge in [-0.15, -0.1) is 0 Å². The van der Waals surface area contributed by atoms with E-state index in [0.717, 1.165) is 17.7 Å². The number of carbonyl (C=O) groups excluding carboxylic acids is 1. The van der Waals surface area contributed by atoms with E-state index >= 15 is 0 Å². The Balaban J connectivity index is 1.81. The summed E-state index contributed by atoms with van der Waals surface area (Å²) in [7, 11) is 5.44. The van der Waals surface area contributed by atoms with Gasteiger partial charge in [-0.1, -0.05) is 30.3 Å². The first-order valence-electron chi connectivity index (χ1n) is 11.9.